The third-order valence-electron chi connectivity index (χ3n) is 5.96. The number of nitrogens with one attached hydrogen (secondary N) is 2. The van der Waals surface area contributed by atoms with Gasteiger partial charge in [0.2, 0.25) is 5.92 Å². The molecule has 1 saturated carbocycles. The maximum atomic E-state index is 11.9. The summed E-state index contributed by atoms with van der Waals surface area (Å²) < 4.78 is 25.6. The van der Waals surface area contributed by atoms with Crippen molar-refractivity contribution in [1.82, 2.24) is 30.2 Å². The van der Waals surface area contributed by atoms with Gasteiger partial charge in [0.05, 0.1) is 29.3 Å². The number of H-pyrrole nitrogens is 2. The molecule has 3 heterocycles. The van der Waals surface area contributed by atoms with Crippen molar-refractivity contribution in [2.45, 2.75) is 32.1 Å². The maximum Gasteiger partial charge on any atom is 0.248 e. The molecular weight excluding hydrogens is 424 g/mol. The minimum absolute atomic E-state index is 0.00347. The molecule has 170 valence electrons. The van der Waals surface area contributed by atoms with Gasteiger partial charge >= 0.3 is 0 Å². The lowest BCUT2D eigenvalue weighted by Crippen LogP contribution is -2.39. The van der Waals surface area contributed by atoms with Crippen molar-refractivity contribution >= 4 is 21.8 Å². The van der Waals surface area contributed by atoms with Crippen LogP contribution in [0.5, 0.6) is 0 Å². The SMILES string of the molecule is Cc1cc2ccc(Cc3cn(-c4cccc5[nH]ncc45)nn3)cc2[nH]1.NCC1CC(F)(F)C1. The average Bonchev–Trinajstić information content (AvgIpc) is 3.50. The van der Waals surface area contributed by atoms with Gasteiger partial charge < -0.3 is 10.7 Å². The average molecular weight is 450 g/mol. The minimum atomic E-state index is -2.38. The lowest BCUT2D eigenvalue weighted by molar-refractivity contribution is -0.107. The van der Waals surface area contributed by atoms with Gasteiger partial charge in [-0.3, -0.25) is 5.10 Å². The van der Waals surface area contributed by atoms with E-state index in [2.05, 4.69) is 56.7 Å². The van der Waals surface area contributed by atoms with Crippen LogP contribution in [-0.2, 0) is 6.42 Å². The van der Waals surface area contributed by atoms with Crippen molar-refractivity contribution < 1.29 is 8.78 Å². The Bertz CT molecular complexity index is 1390. The van der Waals surface area contributed by atoms with Crippen LogP contribution in [0.2, 0.25) is 0 Å². The molecule has 0 spiro atoms. The molecule has 6 rings (SSSR count). The summed E-state index contributed by atoms with van der Waals surface area (Å²) in [5.41, 5.74) is 11.6. The van der Waals surface area contributed by atoms with Crippen LogP contribution in [-0.4, -0.2) is 42.6 Å². The molecule has 0 radical (unpaired) electrons. The van der Waals surface area contributed by atoms with Gasteiger partial charge in [0.15, 0.2) is 0 Å². The van der Waals surface area contributed by atoms with Crippen LogP contribution in [0.1, 0.15) is 29.8 Å². The standard InChI is InChI=1S/C19H16N6.C5H9F2N/c1-12-7-14-6-5-13(9-18(14)21-12)8-15-11-25(24-22-15)19-4-2-3-17-16(19)10-20-23-17;6-5(7)1-4(2-5)3-8/h2-7,9-11,21H,8H2,1H3,(H,20,23);4H,1-3,8H2. The third kappa shape index (κ3) is 4.49. The predicted octanol–water partition coefficient (Wildman–Crippen LogP) is 4.51. The monoisotopic (exact) mass is 449 g/mol. The van der Waals surface area contributed by atoms with Crippen molar-refractivity contribution in [2.75, 3.05) is 6.54 Å². The van der Waals surface area contributed by atoms with E-state index in [4.69, 9.17) is 5.73 Å². The third-order valence-corrected chi connectivity index (χ3v) is 5.96. The molecule has 33 heavy (non-hydrogen) atoms. The topological polar surface area (TPSA) is 101 Å². The summed E-state index contributed by atoms with van der Waals surface area (Å²) in [5, 5.41) is 18.0. The van der Waals surface area contributed by atoms with Gasteiger partial charge in [-0.2, -0.15) is 5.10 Å². The number of aryl methyl sites for hydroxylation is 1. The van der Waals surface area contributed by atoms with Crippen LogP contribution in [0.4, 0.5) is 8.78 Å². The van der Waals surface area contributed by atoms with E-state index in [0.717, 1.165) is 34.2 Å². The molecular formula is C24H25F2N7. The Balaban J connectivity index is 0.000000243. The number of fused-ring (bicyclic) bond motifs is 2. The van der Waals surface area contributed by atoms with E-state index >= 15 is 0 Å². The van der Waals surface area contributed by atoms with Gasteiger partial charge in [-0.25, -0.2) is 13.5 Å². The van der Waals surface area contributed by atoms with E-state index < -0.39 is 5.92 Å². The van der Waals surface area contributed by atoms with Crippen molar-refractivity contribution in [3.05, 3.63) is 71.8 Å². The molecule has 3 aromatic heterocycles. The summed E-state index contributed by atoms with van der Waals surface area (Å²) in [6.07, 6.45) is 4.54. The Morgan fingerprint density at radius 2 is 2.00 bits per heavy atom. The first-order valence-electron chi connectivity index (χ1n) is 10.9. The van der Waals surface area contributed by atoms with Crippen molar-refractivity contribution in [1.29, 1.82) is 0 Å². The molecule has 1 fully saturated rings. The second-order valence-electron chi connectivity index (χ2n) is 8.68. The first-order valence-corrected chi connectivity index (χ1v) is 10.9. The molecule has 0 atom stereocenters. The van der Waals surface area contributed by atoms with Crippen LogP contribution >= 0.6 is 0 Å². The van der Waals surface area contributed by atoms with Crippen molar-refractivity contribution in [3.8, 4) is 5.69 Å². The summed E-state index contributed by atoms with van der Waals surface area (Å²) in [5.74, 6) is -2.30. The maximum absolute atomic E-state index is 11.9. The van der Waals surface area contributed by atoms with Crippen LogP contribution in [0.25, 0.3) is 27.5 Å². The van der Waals surface area contributed by atoms with Gasteiger partial charge in [0.1, 0.15) is 0 Å². The van der Waals surface area contributed by atoms with Crippen LogP contribution in [0.3, 0.4) is 0 Å². The Morgan fingerprint density at radius 1 is 1.15 bits per heavy atom. The number of hydrogen-bond acceptors (Lipinski definition) is 4. The Kier molecular flexibility index (Phi) is 5.41. The molecule has 4 N–H and O–H groups in total. The first kappa shape index (κ1) is 21.3. The number of aromatic amines is 2. The Hall–Kier alpha value is -3.59. The first-order chi connectivity index (χ1) is 15.9. The van der Waals surface area contributed by atoms with E-state index in [0.29, 0.717) is 6.54 Å². The second-order valence-corrected chi connectivity index (χ2v) is 8.68. The fourth-order valence-electron chi connectivity index (χ4n) is 4.24. The number of hydrogen-bond donors (Lipinski definition) is 3. The van der Waals surface area contributed by atoms with E-state index in [9.17, 15) is 8.78 Å². The summed E-state index contributed by atoms with van der Waals surface area (Å²) in [6, 6.07) is 14.6. The van der Waals surface area contributed by atoms with Gasteiger partial charge in [-0.05, 0) is 54.6 Å². The Labute approximate surface area is 189 Å². The predicted molar refractivity (Wildman–Crippen MR) is 124 cm³/mol. The fourth-order valence-corrected chi connectivity index (χ4v) is 4.24. The lowest BCUT2D eigenvalue weighted by Gasteiger charge is -2.33. The zero-order chi connectivity index (χ0) is 23.0. The molecule has 0 amide bonds. The number of nitrogens with zero attached hydrogens (tertiary/aromatic N) is 4. The van der Waals surface area contributed by atoms with Crippen LogP contribution in [0.15, 0.2) is 54.9 Å². The highest BCUT2D eigenvalue weighted by atomic mass is 19.3. The van der Waals surface area contributed by atoms with Crippen LogP contribution < -0.4 is 5.73 Å². The van der Waals surface area contributed by atoms with E-state index in [1.807, 2.05) is 35.3 Å². The van der Waals surface area contributed by atoms with Gasteiger partial charge in [-0.1, -0.05) is 23.4 Å². The summed E-state index contributed by atoms with van der Waals surface area (Å²) in [4.78, 5) is 3.38. The van der Waals surface area contributed by atoms with Gasteiger partial charge in [0, 0.05) is 35.9 Å². The highest BCUT2D eigenvalue weighted by Gasteiger charge is 2.44. The smallest absolute Gasteiger partial charge is 0.248 e. The lowest BCUT2D eigenvalue weighted by atomic mass is 9.82. The van der Waals surface area contributed by atoms with Crippen molar-refractivity contribution in [2.24, 2.45) is 11.7 Å². The summed E-state index contributed by atoms with van der Waals surface area (Å²) >= 11 is 0. The zero-order valence-electron chi connectivity index (χ0n) is 18.2. The molecule has 0 bridgehead atoms. The number of rotatable bonds is 4. The summed E-state index contributed by atoms with van der Waals surface area (Å²) in [6.45, 7) is 2.48. The highest BCUT2D eigenvalue weighted by molar-refractivity contribution is 5.86. The van der Waals surface area contributed by atoms with Crippen LogP contribution in [0, 0.1) is 12.8 Å². The molecule has 7 nitrogen and oxygen atoms in total. The molecule has 5 aromatic rings. The van der Waals surface area contributed by atoms with E-state index in [1.54, 1.807) is 0 Å². The quantitative estimate of drug-likeness (QED) is 0.376. The molecule has 9 heteroatoms. The number of alkyl halides is 2. The largest absolute Gasteiger partial charge is 0.359 e. The van der Waals surface area contributed by atoms with E-state index in [1.165, 1.54) is 16.6 Å². The summed E-state index contributed by atoms with van der Waals surface area (Å²) in [7, 11) is 0. The van der Waals surface area contributed by atoms with E-state index in [-0.39, 0.29) is 18.8 Å². The molecule has 0 saturated heterocycles. The number of nitrogens with two attached hydrogens (primary N) is 1. The van der Waals surface area contributed by atoms with Crippen molar-refractivity contribution in [3.63, 3.8) is 0 Å². The fraction of sp³-hybridized carbons (Fsp3) is 0.292. The second kappa shape index (κ2) is 8.40. The zero-order valence-corrected chi connectivity index (χ0v) is 18.2. The highest BCUT2D eigenvalue weighted by Crippen LogP contribution is 2.41. The number of halogens is 2. The molecule has 0 aliphatic heterocycles. The molecule has 0 unspecified atom stereocenters. The minimum Gasteiger partial charge on any atom is -0.359 e. The van der Waals surface area contributed by atoms with Gasteiger partial charge in [-0.15, -0.1) is 5.10 Å². The number of aromatic nitrogens is 6. The van der Waals surface area contributed by atoms with Gasteiger partial charge in [0.25, 0.3) is 0 Å². The normalized spacial score (nSPS) is 15.4. The molecule has 1 aliphatic rings. The molecule has 1 aliphatic carbocycles. The molecule has 2 aromatic carbocycles. The number of benzene rings is 2. The Morgan fingerprint density at radius 3 is 2.76 bits per heavy atom.